The predicted octanol–water partition coefficient (Wildman–Crippen LogP) is 1.97. The molecule has 0 fully saturated rings. The summed E-state index contributed by atoms with van der Waals surface area (Å²) in [6, 6.07) is 11.3. The molecule has 1 aromatic carbocycles. The van der Waals surface area contributed by atoms with E-state index in [0.717, 1.165) is 17.1 Å². The number of aryl methyl sites for hydroxylation is 1. The van der Waals surface area contributed by atoms with Crippen LogP contribution in [0.5, 0.6) is 11.5 Å². The van der Waals surface area contributed by atoms with Gasteiger partial charge in [-0.2, -0.15) is 0 Å². The molecule has 6 heteroatoms. The second kappa shape index (κ2) is 6.64. The third kappa shape index (κ3) is 3.59. The topological polar surface area (TPSA) is 64.5 Å². The van der Waals surface area contributed by atoms with Gasteiger partial charge in [0.25, 0.3) is 0 Å². The predicted molar refractivity (Wildman–Crippen MR) is 86.7 cm³/mol. The first-order valence-corrected chi connectivity index (χ1v) is 7.65. The zero-order valence-electron chi connectivity index (χ0n) is 13.3. The van der Waals surface area contributed by atoms with Crippen LogP contribution in [-0.4, -0.2) is 29.9 Å². The highest BCUT2D eigenvalue weighted by Gasteiger charge is 2.20. The van der Waals surface area contributed by atoms with Crippen molar-refractivity contribution >= 4 is 6.03 Å². The standard InChI is InChI=1S/C17H21N3O3/c1-12-7-8-13(20(12)2)9-18-17(21)19-10-14-11-22-15-5-3-4-6-16(15)23-14/h3-8,14H,9-11H2,1-2H3,(H2,18,19,21)/t14-/m1/s1. The number of nitrogens with zero attached hydrogens (tertiary/aromatic N) is 1. The maximum Gasteiger partial charge on any atom is 0.315 e. The van der Waals surface area contributed by atoms with Gasteiger partial charge in [0.15, 0.2) is 17.6 Å². The Hall–Kier alpha value is -2.63. The molecule has 3 rings (SSSR count). The number of carbonyl (C=O) groups excluding carboxylic acids is 1. The molecule has 0 unspecified atom stereocenters. The lowest BCUT2D eigenvalue weighted by Gasteiger charge is -2.26. The Bertz CT molecular complexity index is 696. The normalized spacial score (nSPS) is 16.0. The van der Waals surface area contributed by atoms with E-state index in [4.69, 9.17) is 9.47 Å². The van der Waals surface area contributed by atoms with Crippen LogP contribution in [0.1, 0.15) is 11.4 Å². The van der Waals surface area contributed by atoms with Crippen molar-refractivity contribution in [2.75, 3.05) is 13.2 Å². The summed E-state index contributed by atoms with van der Waals surface area (Å²) in [4.78, 5) is 11.9. The van der Waals surface area contributed by atoms with Crippen molar-refractivity contribution in [3.8, 4) is 11.5 Å². The van der Waals surface area contributed by atoms with E-state index in [1.807, 2.05) is 50.4 Å². The second-order valence-corrected chi connectivity index (χ2v) is 5.59. The molecular formula is C17H21N3O3. The average molecular weight is 315 g/mol. The number of amides is 2. The highest BCUT2D eigenvalue weighted by molar-refractivity contribution is 5.73. The van der Waals surface area contributed by atoms with Gasteiger partial charge in [-0.25, -0.2) is 4.79 Å². The molecule has 2 aromatic rings. The third-order valence-corrected chi connectivity index (χ3v) is 3.96. The molecule has 0 bridgehead atoms. The van der Waals surface area contributed by atoms with E-state index in [0.29, 0.717) is 25.4 Å². The molecule has 122 valence electrons. The minimum absolute atomic E-state index is 0.187. The Morgan fingerprint density at radius 3 is 2.74 bits per heavy atom. The minimum Gasteiger partial charge on any atom is -0.486 e. The van der Waals surface area contributed by atoms with Gasteiger partial charge in [0.1, 0.15) is 6.61 Å². The molecule has 1 aliphatic rings. The summed E-state index contributed by atoms with van der Waals surface area (Å²) >= 11 is 0. The molecule has 2 amide bonds. The SMILES string of the molecule is Cc1ccc(CNC(=O)NC[C@@H]2COc3ccccc3O2)n1C. The second-order valence-electron chi connectivity index (χ2n) is 5.59. The molecule has 0 spiro atoms. The van der Waals surface area contributed by atoms with Crippen molar-refractivity contribution in [3.05, 3.63) is 47.8 Å². The fourth-order valence-corrected chi connectivity index (χ4v) is 2.45. The van der Waals surface area contributed by atoms with E-state index in [9.17, 15) is 4.79 Å². The summed E-state index contributed by atoms with van der Waals surface area (Å²) in [5, 5.41) is 5.66. The number of fused-ring (bicyclic) bond motifs is 1. The van der Waals surface area contributed by atoms with Gasteiger partial charge >= 0.3 is 6.03 Å². The largest absolute Gasteiger partial charge is 0.486 e. The van der Waals surface area contributed by atoms with Crippen molar-refractivity contribution in [1.82, 2.24) is 15.2 Å². The molecule has 2 heterocycles. The number of benzene rings is 1. The zero-order valence-corrected chi connectivity index (χ0v) is 13.3. The molecular weight excluding hydrogens is 294 g/mol. The Kier molecular flexibility index (Phi) is 4.41. The van der Waals surface area contributed by atoms with Crippen LogP contribution in [0, 0.1) is 6.92 Å². The monoisotopic (exact) mass is 315 g/mol. The number of hydrogen-bond donors (Lipinski definition) is 2. The van der Waals surface area contributed by atoms with Crippen molar-refractivity contribution in [3.63, 3.8) is 0 Å². The first-order valence-electron chi connectivity index (χ1n) is 7.65. The number of aromatic nitrogens is 1. The van der Waals surface area contributed by atoms with E-state index in [2.05, 4.69) is 15.2 Å². The summed E-state index contributed by atoms with van der Waals surface area (Å²) in [5.41, 5.74) is 2.22. The summed E-state index contributed by atoms with van der Waals surface area (Å²) in [6.45, 7) is 3.34. The summed E-state index contributed by atoms with van der Waals surface area (Å²) in [5.74, 6) is 1.46. The number of nitrogens with one attached hydrogen (secondary N) is 2. The third-order valence-electron chi connectivity index (χ3n) is 3.96. The van der Waals surface area contributed by atoms with Crippen molar-refractivity contribution in [2.45, 2.75) is 19.6 Å². The molecule has 0 saturated carbocycles. The van der Waals surface area contributed by atoms with Crippen molar-refractivity contribution < 1.29 is 14.3 Å². The van der Waals surface area contributed by atoms with Gasteiger partial charge in [-0.15, -0.1) is 0 Å². The number of carbonyl (C=O) groups is 1. The van der Waals surface area contributed by atoms with E-state index >= 15 is 0 Å². The molecule has 0 radical (unpaired) electrons. The van der Waals surface area contributed by atoms with Gasteiger partial charge in [0.05, 0.1) is 13.1 Å². The molecule has 1 aromatic heterocycles. The Morgan fingerprint density at radius 1 is 1.22 bits per heavy atom. The molecule has 0 saturated heterocycles. The first kappa shape index (κ1) is 15.3. The van der Waals surface area contributed by atoms with Crippen LogP contribution >= 0.6 is 0 Å². The van der Waals surface area contributed by atoms with E-state index in [1.165, 1.54) is 0 Å². The number of para-hydroxylation sites is 2. The zero-order chi connectivity index (χ0) is 16.2. The Labute approximate surface area is 135 Å². The lowest BCUT2D eigenvalue weighted by atomic mass is 10.2. The summed E-state index contributed by atoms with van der Waals surface area (Å²) < 4.78 is 13.5. The van der Waals surface area contributed by atoms with Gasteiger partial charge in [-0.05, 0) is 31.2 Å². The lowest BCUT2D eigenvalue weighted by Crippen LogP contribution is -2.44. The quantitative estimate of drug-likeness (QED) is 0.907. The first-order chi connectivity index (χ1) is 11.1. The maximum atomic E-state index is 11.9. The van der Waals surface area contributed by atoms with E-state index in [-0.39, 0.29) is 12.1 Å². The van der Waals surface area contributed by atoms with E-state index in [1.54, 1.807) is 0 Å². The highest BCUT2D eigenvalue weighted by Crippen LogP contribution is 2.30. The Morgan fingerprint density at radius 2 is 2.00 bits per heavy atom. The van der Waals surface area contributed by atoms with Gasteiger partial charge in [0.2, 0.25) is 0 Å². The van der Waals surface area contributed by atoms with Crippen LogP contribution < -0.4 is 20.1 Å². The van der Waals surface area contributed by atoms with Crippen LogP contribution in [0.25, 0.3) is 0 Å². The Balaban J connectivity index is 1.44. The highest BCUT2D eigenvalue weighted by atomic mass is 16.6. The van der Waals surface area contributed by atoms with Gasteiger partial charge < -0.3 is 24.7 Å². The van der Waals surface area contributed by atoms with Crippen molar-refractivity contribution in [1.29, 1.82) is 0 Å². The molecule has 2 N–H and O–H groups in total. The molecule has 23 heavy (non-hydrogen) atoms. The van der Waals surface area contributed by atoms with Crippen LogP contribution in [0.2, 0.25) is 0 Å². The van der Waals surface area contributed by atoms with Crippen molar-refractivity contribution in [2.24, 2.45) is 7.05 Å². The number of ether oxygens (including phenoxy) is 2. The van der Waals surface area contributed by atoms with Gasteiger partial charge in [-0.3, -0.25) is 0 Å². The number of urea groups is 1. The van der Waals surface area contributed by atoms with Crippen LogP contribution in [0.15, 0.2) is 36.4 Å². The van der Waals surface area contributed by atoms with Crippen LogP contribution in [0.3, 0.4) is 0 Å². The summed E-state index contributed by atoms with van der Waals surface area (Å²) in [6.07, 6.45) is -0.187. The fraction of sp³-hybridized carbons (Fsp3) is 0.353. The van der Waals surface area contributed by atoms with Crippen LogP contribution in [-0.2, 0) is 13.6 Å². The smallest absolute Gasteiger partial charge is 0.315 e. The van der Waals surface area contributed by atoms with E-state index < -0.39 is 0 Å². The van der Waals surface area contributed by atoms with Gasteiger partial charge in [-0.1, -0.05) is 12.1 Å². The maximum absolute atomic E-state index is 11.9. The molecule has 1 aliphatic heterocycles. The lowest BCUT2D eigenvalue weighted by molar-refractivity contribution is 0.0918. The fourth-order valence-electron chi connectivity index (χ4n) is 2.45. The summed E-state index contributed by atoms with van der Waals surface area (Å²) in [7, 11) is 1.98. The molecule has 6 nitrogen and oxygen atoms in total. The number of hydrogen-bond acceptors (Lipinski definition) is 3. The van der Waals surface area contributed by atoms with Gasteiger partial charge in [0, 0.05) is 18.4 Å². The molecule has 0 aliphatic carbocycles. The van der Waals surface area contributed by atoms with Crippen LogP contribution in [0.4, 0.5) is 4.79 Å². The minimum atomic E-state index is -0.216. The molecule has 1 atom stereocenters. The number of rotatable bonds is 4. The average Bonchev–Trinajstić information content (AvgIpc) is 2.89.